The Morgan fingerprint density at radius 2 is 2.00 bits per heavy atom. The minimum absolute atomic E-state index is 0.273. The van der Waals surface area contributed by atoms with Gasteiger partial charge in [-0.05, 0) is 54.4 Å². The van der Waals surface area contributed by atoms with Gasteiger partial charge in [-0.1, -0.05) is 17.7 Å². The van der Waals surface area contributed by atoms with Crippen molar-refractivity contribution < 1.29 is 17.9 Å². The molecule has 30 heavy (non-hydrogen) atoms. The molecule has 0 bridgehead atoms. The van der Waals surface area contributed by atoms with E-state index in [0.29, 0.717) is 16.3 Å². The molecule has 1 saturated heterocycles. The molecule has 1 heterocycles. The molecule has 1 N–H and O–H groups in total. The zero-order valence-corrected chi connectivity index (χ0v) is 18.9. The average Bonchev–Trinajstić information content (AvgIpc) is 2.65. The highest BCUT2D eigenvalue weighted by atomic mass is 35.5. The highest BCUT2D eigenvalue weighted by molar-refractivity contribution is 8.00. The van der Waals surface area contributed by atoms with Crippen molar-refractivity contribution >= 4 is 51.2 Å². The lowest BCUT2D eigenvalue weighted by molar-refractivity contribution is -0.119. The molecule has 0 unspecified atom stereocenters. The Bertz CT molecular complexity index is 1040. The number of thioether (sulfide) groups is 1. The number of hydrogen-bond acceptors (Lipinski definition) is 6. The lowest BCUT2D eigenvalue weighted by Crippen LogP contribution is -2.39. The molecule has 10 heteroatoms. The van der Waals surface area contributed by atoms with Crippen LogP contribution in [0.4, 0.5) is 5.69 Å². The maximum absolute atomic E-state index is 12.3. The average molecular weight is 468 g/mol. The summed E-state index contributed by atoms with van der Waals surface area (Å²) in [7, 11) is -3.70. The van der Waals surface area contributed by atoms with Crippen LogP contribution in [0.1, 0.15) is 11.1 Å². The second-order valence-electron chi connectivity index (χ2n) is 6.84. The van der Waals surface area contributed by atoms with Crippen LogP contribution >= 0.6 is 23.4 Å². The summed E-state index contributed by atoms with van der Waals surface area (Å²) in [5.41, 5.74) is 4.17. The third-order valence-corrected chi connectivity index (χ3v) is 6.90. The Labute approximate surface area is 185 Å². The van der Waals surface area contributed by atoms with Crippen molar-refractivity contribution in [2.45, 2.75) is 13.0 Å². The van der Waals surface area contributed by atoms with Gasteiger partial charge in [0.25, 0.3) is 5.91 Å². The summed E-state index contributed by atoms with van der Waals surface area (Å²) in [5.74, 6) is 2.24. The predicted octanol–water partition coefficient (Wildman–Crippen LogP) is 3.06. The Morgan fingerprint density at radius 3 is 2.60 bits per heavy atom. The van der Waals surface area contributed by atoms with Crippen LogP contribution in [-0.2, 0) is 14.8 Å². The number of nitrogens with zero attached hydrogens (tertiary/aromatic N) is 2. The fourth-order valence-electron chi connectivity index (χ4n) is 2.68. The molecule has 1 amide bonds. The van der Waals surface area contributed by atoms with Gasteiger partial charge in [-0.25, -0.2) is 13.8 Å². The van der Waals surface area contributed by atoms with E-state index in [2.05, 4.69) is 10.5 Å². The molecular formula is C20H22ClN3O4S2. The molecule has 2 aromatic carbocycles. The number of ether oxygens (including phenoxy) is 1. The fraction of sp³-hybridized carbons (Fsp3) is 0.300. The molecule has 0 aliphatic carbocycles. The van der Waals surface area contributed by atoms with Gasteiger partial charge in [-0.2, -0.15) is 16.9 Å². The molecule has 0 saturated carbocycles. The number of carbonyl (C=O) groups excluding carboxylic acids is 1. The van der Waals surface area contributed by atoms with Gasteiger partial charge in [0.05, 0.1) is 18.2 Å². The van der Waals surface area contributed by atoms with Crippen molar-refractivity contribution in [3.05, 3.63) is 58.6 Å². The Morgan fingerprint density at radius 1 is 1.30 bits per heavy atom. The third-order valence-electron chi connectivity index (χ3n) is 4.32. The van der Waals surface area contributed by atoms with Gasteiger partial charge < -0.3 is 4.74 Å². The van der Waals surface area contributed by atoms with E-state index in [9.17, 15) is 13.2 Å². The largest absolute Gasteiger partial charge is 0.489 e. The second-order valence-corrected chi connectivity index (χ2v) is 10.3. The summed E-state index contributed by atoms with van der Waals surface area (Å²) >= 11 is 7.85. The number of halogens is 1. The number of nitrogens with one attached hydrogen (secondary N) is 1. The van der Waals surface area contributed by atoms with Gasteiger partial charge in [0.2, 0.25) is 10.0 Å². The normalized spacial score (nSPS) is 14.4. The summed E-state index contributed by atoms with van der Waals surface area (Å²) in [6.07, 6.45) is 2.79. The first-order valence-corrected chi connectivity index (χ1v) is 12.5. The van der Waals surface area contributed by atoms with Gasteiger partial charge in [-0.15, -0.1) is 0 Å². The monoisotopic (exact) mass is 467 g/mol. The first-order chi connectivity index (χ1) is 14.2. The van der Waals surface area contributed by atoms with Gasteiger partial charge in [0.15, 0.2) is 0 Å². The summed E-state index contributed by atoms with van der Waals surface area (Å²) in [4.78, 5) is 12.3. The van der Waals surface area contributed by atoms with Crippen molar-refractivity contribution in [2.24, 2.45) is 5.10 Å². The number of rotatable bonds is 8. The topological polar surface area (TPSA) is 88.1 Å². The van der Waals surface area contributed by atoms with Gasteiger partial charge in [0.1, 0.15) is 18.4 Å². The van der Waals surface area contributed by atoms with Crippen LogP contribution in [0.2, 0.25) is 5.02 Å². The molecule has 0 radical (unpaired) electrons. The van der Waals surface area contributed by atoms with Crippen molar-refractivity contribution in [3.8, 4) is 5.75 Å². The Hall–Kier alpha value is -2.23. The summed E-state index contributed by atoms with van der Waals surface area (Å²) < 4.78 is 31.2. The molecule has 1 fully saturated rings. The molecular weight excluding hydrogens is 446 g/mol. The number of hydrogen-bond donors (Lipinski definition) is 1. The number of carbonyl (C=O) groups is 1. The van der Waals surface area contributed by atoms with Crippen LogP contribution in [0.3, 0.4) is 0 Å². The molecule has 160 valence electrons. The maximum Gasteiger partial charge on any atom is 0.260 e. The van der Waals surface area contributed by atoms with E-state index in [-0.39, 0.29) is 6.10 Å². The molecule has 0 aromatic heterocycles. The molecule has 1 aliphatic heterocycles. The summed E-state index contributed by atoms with van der Waals surface area (Å²) in [5, 5.41) is 4.29. The number of amides is 1. The number of aryl methyl sites for hydroxylation is 1. The first kappa shape index (κ1) is 22.5. The number of sulfonamides is 1. The molecule has 0 spiro atoms. The van der Waals surface area contributed by atoms with Crippen molar-refractivity contribution in [1.29, 1.82) is 0 Å². The van der Waals surface area contributed by atoms with E-state index in [1.807, 2.05) is 36.0 Å². The third kappa shape index (κ3) is 6.13. The van der Waals surface area contributed by atoms with Gasteiger partial charge in [0, 0.05) is 16.5 Å². The Kier molecular flexibility index (Phi) is 7.27. The smallest absolute Gasteiger partial charge is 0.260 e. The maximum atomic E-state index is 12.3. The quantitative estimate of drug-likeness (QED) is 0.476. The lowest BCUT2D eigenvalue weighted by Gasteiger charge is -2.25. The van der Waals surface area contributed by atoms with Crippen LogP contribution < -0.4 is 14.5 Å². The van der Waals surface area contributed by atoms with Crippen molar-refractivity contribution in [3.63, 3.8) is 0 Å². The zero-order chi connectivity index (χ0) is 21.7. The summed E-state index contributed by atoms with van der Waals surface area (Å²) in [6.45, 7) is 1.33. The van der Waals surface area contributed by atoms with Crippen LogP contribution in [0.25, 0.3) is 0 Å². The zero-order valence-electron chi connectivity index (χ0n) is 16.5. The van der Waals surface area contributed by atoms with Crippen LogP contribution in [-0.4, -0.2) is 50.9 Å². The molecule has 0 atom stereocenters. The van der Waals surface area contributed by atoms with E-state index in [0.717, 1.165) is 33.4 Å². The summed E-state index contributed by atoms with van der Waals surface area (Å²) in [6, 6.07) is 12.2. The molecule has 1 aliphatic rings. The first-order valence-electron chi connectivity index (χ1n) is 9.12. The number of benzene rings is 2. The highest BCUT2D eigenvalue weighted by Crippen LogP contribution is 2.26. The van der Waals surface area contributed by atoms with Gasteiger partial charge in [-0.3, -0.25) is 9.10 Å². The fourth-order valence-corrected chi connectivity index (χ4v) is 4.32. The SMILES string of the molecule is Cc1ccc(Cl)cc1N(CC(=O)N/N=C\c1ccc(OC2CSC2)cc1)S(C)(=O)=O. The van der Waals surface area contributed by atoms with E-state index in [1.54, 1.807) is 19.1 Å². The van der Waals surface area contributed by atoms with E-state index < -0.39 is 22.5 Å². The van der Waals surface area contributed by atoms with E-state index in [1.165, 1.54) is 12.3 Å². The predicted molar refractivity (Wildman–Crippen MR) is 122 cm³/mol. The molecule has 2 aromatic rings. The van der Waals surface area contributed by atoms with Crippen LogP contribution in [0.5, 0.6) is 5.75 Å². The van der Waals surface area contributed by atoms with Crippen molar-refractivity contribution in [2.75, 3.05) is 28.6 Å². The van der Waals surface area contributed by atoms with E-state index >= 15 is 0 Å². The van der Waals surface area contributed by atoms with Gasteiger partial charge >= 0.3 is 0 Å². The van der Waals surface area contributed by atoms with Crippen LogP contribution in [0, 0.1) is 6.92 Å². The number of anilines is 1. The Balaban J connectivity index is 1.60. The highest BCUT2D eigenvalue weighted by Gasteiger charge is 2.22. The second kappa shape index (κ2) is 9.72. The molecule has 3 rings (SSSR count). The standard InChI is InChI=1S/C20H22ClN3O4S2/c1-14-3-6-16(21)9-19(14)24(30(2,26)27)11-20(25)23-22-10-15-4-7-17(8-5-15)28-18-12-29-13-18/h3-10,18H,11-13H2,1-2H3,(H,23,25)/b22-10-. The van der Waals surface area contributed by atoms with Crippen molar-refractivity contribution in [1.82, 2.24) is 5.43 Å². The van der Waals surface area contributed by atoms with Crippen LogP contribution in [0.15, 0.2) is 47.6 Å². The minimum atomic E-state index is -3.70. The lowest BCUT2D eigenvalue weighted by atomic mass is 10.2. The van der Waals surface area contributed by atoms with E-state index in [4.69, 9.17) is 16.3 Å². The molecule has 7 nitrogen and oxygen atoms in total. The minimum Gasteiger partial charge on any atom is -0.489 e. The number of hydrazone groups is 1.